The van der Waals surface area contributed by atoms with Gasteiger partial charge < -0.3 is 15.2 Å². The smallest absolute Gasteiger partial charge is 0.325 e. The van der Waals surface area contributed by atoms with Crippen LogP contribution in [0.3, 0.4) is 0 Å². The van der Waals surface area contributed by atoms with Gasteiger partial charge in [-0.2, -0.15) is 0 Å². The van der Waals surface area contributed by atoms with Gasteiger partial charge in [0.15, 0.2) is 0 Å². The van der Waals surface area contributed by atoms with Crippen molar-refractivity contribution in [3.63, 3.8) is 0 Å². The fourth-order valence-corrected chi connectivity index (χ4v) is 3.66. The second-order valence-electron chi connectivity index (χ2n) is 4.81. The van der Waals surface area contributed by atoms with E-state index in [0.717, 1.165) is 12.2 Å². The molecule has 4 nitrogen and oxygen atoms in total. The molecule has 0 amide bonds. The van der Waals surface area contributed by atoms with Crippen molar-refractivity contribution in [1.82, 2.24) is 0 Å². The molecule has 1 aliphatic rings. The highest BCUT2D eigenvalue weighted by Crippen LogP contribution is 2.39. The molecule has 1 saturated carbocycles. The Hall–Kier alpha value is -1.20. The maximum Gasteiger partial charge on any atom is 0.325 e. The monoisotopic (exact) mass is 281 g/mol. The quantitative estimate of drug-likeness (QED) is 0.857. The molecule has 0 saturated heterocycles. The van der Waals surface area contributed by atoms with E-state index in [0.29, 0.717) is 18.1 Å². The van der Waals surface area contributed by atoms with Gasteiger partial charge in [-0.1, -0.05) is 0 Å². The first-order chi connectivity index (χ1) is 9.07. The van der Waals surface area contributed by atoms with Gasteiger partial charge in [0.05, 0.1) is 14.2 Å². The van der Waals surface area contributed by atoms with Crippen molar-refractivity contribution < 1.29 is 14.3 Å². The molecule has 0 radical (unpaired) electrons. The molecule has 2 N–H and O–H groups in total. The topological polar surface area (TPSA) is 61.5 Å². The second-order valence-corrected chi connectivity index (χ2v) is 6.18. The molecule has 0 aromatic heterocycles. The van der Waals surface area contributed by atoms with Crippen molar-refractivity contribution in [1.29, 1.82) is 0 Å². The standard InChI is InChI=1S/C14H19NO3S/c1-17-10-3-5-11(6-4-10)19-12-7-8-14(15,9-12)13(16)18-2/h3-6,12H,7-9,15H2,1-2H3. The van der Waals surface area contributed by atoms with Crippen molar-refractivity contribution in [2.24, 2.45) is 5.73 Å². The van der Waals surface area contributed by atoms with Crippen molar-refractivity contribution in [2.75, 3.05) is 14.2 Å². The first-order valence-electron chi connectivity index (χ1n) is 6.25. The van der Waals surface area contributed by atoms with Crippen molar-refractivity contribution in [3.05, 3.63) is 24.3 Å². The summed E-state index contributed by atoms with van der Waals surface area (Å²) in [6, 6.07) is 7.93. The average molecular weight is 281 g/mol. The molecule has 2 unspecified atom stereocenters. The molecule has 2 atom stereocenters. The zero-order valence-electron chi connectivity index (χ0n) is 11.2. The summed E-state index contributed by atoms with van der Waals surface area (Å²) in [5, 5.41) is 0.359. The second kappa shape index (κ2) is 5.84. The summed E-state index contributed by atoms with van der Waals surface area (Å²) < 4.78 is 9.90. The third kappa shape index (κ3) is 3.22. The molecule has 1 aliphatic carbocycles. The van der Waals surface area contributed by atoms with Gasteiger partial charge in [-0.25, -0.2) is 0 Å². The predicted octanol–water partition coefficient (Wildman–Crippen LogP) is 2.21. The van der Waals surface area contributed by atoms with Gasteiger partial charge in [-0.15, -0.1) is 11.8 Å². The number of thioether (sulfide) groups is 1. The SMILES string of the molecule is COC(=O)C1(N)CCC(Sc2ccc(OC)cc2)C1. The first kappa shape index (κ1) is 14.2. The van der Waals surface area contributed by atoms with E-state index >= 15 is 0 Å². The third-order valence-corrected chi connectivity index (χ3v) is 4.74. The van der Waals surface area contributed by atoms with E-state index in [4.69, 9.17) is 15.2 Å². The molecule has 0 bridgehead atoms. The Labute approximate surface area is 117 Å². The maximum atomic E-state index is 11.6. The lowest BCUT2D eigenvalue weighted by Gasteiger charge is -2.20. The Balaban J connectivity index is 1.96. The summed E-state index contributed by atoms with van der Waals surface area (Å²) in [6.07, 6.45) is 2.28. The van der Waals surface area contributed by atoms with E-state index < -0.39 is 5.54 Å². The number of benzene rings is 1. The van der Waals surface area contributed by atoms with Gasteiger partial charge >= 0.3 is 5.97 Å². The van der Waals surface area contributed by atoms with Crippen LogP contribution in [0.2, 0.25) is 0 Å². The minimum atomic E-state index is -0.807. The maximum absolute atomic E-state index is 11.6. The summed E-state index contributed by atoms with van der Waals surface area (Å²) >= 11 is 1.76. The molecule has 5 heteroatoms. The summed E-state index contributed by atoms with van der Waals surface area (Å²) in [5.41, 5.74) is 5.29. The molecular formula is C14H19NO3S. The highest BCUT2D eigenvalue weighted by atomic mass is 32.2. The van der Waals surface area contributed by atoms with E-state index in [1.165, 1.54) is 12.0 Å². The van der Waals surface area contributed by atoms with E-state index in [2.05, 4.69) is 0 Å². The Morgan fingerprint density at radius 3 is 2.63 bits per heavy atom. The molecule has 1 aromatic rings. The van der Waals surface area contributed by atoms with Gasteiger partial charge in [0.1, 0.15) is 11.3 Å². The minimum Gasteiger partial charge on any atom is -0.497 e. The van der Waals surface area contributed by atoms with Crippen LogP contribution in [0.5, 0.6) is 5.75 Å². The third-order valence-electron chi connectivity index (χ3n) is 3.46. The first-order valence-corrected chi connectivity index (χ1v) is 7.13. The van der Waals surface area contributed by atoms with Crippen LogP contribution in [0.1, 0.15) is 19.3 Å². The molecule has 1 aromatic carbocycles. The summed E-state index contributed by atoms with van der Waals surface area (Å²) in [7, 11) is 3.04. The molecule has 0 spiro atoms. The van der Waals surface area contributed by atoms with Crippen LogP contribution in [0, 0.1) is 0 Å². The summed E-state index contributed by atoms with van der Waals surface area (Å²) in [6.45, 7) is 0. The molecule has 2 rings (SSSR count). The number of hydrogen-bond donors (Lipinski definition) is 1. The van der Waals surface area contributed by atoms with Gasteiger partial charge in [0.25, 0.3) is 0 Å². The van der Waals surface area contributed by atoms with Gasteiger partial charge in [0.2, 0.25) is 0 Å². The number of ether oxygens (including phenoxy) is 2. The number of methoxy groups -OCH3 is 2. The van der Waals surface area contributed by atoms with Crippen LogP contribution in [0.15, 0.2) is 29.2 Å². The Kier molecular flexibility index (Phi) is 4.37. The van der Waals surface area contributed by atoms with Gasteiger partial charge in [0, 0.05) is 10.1 Å². The fraction of sp³-hybridized carbons (Fsp3) is 0.500. The highest BCUT2D eigenvalue weighted by Gasteiger charge is 2.43. The van der Waals surface area contributed by atoms with Crippen LogP contribution in [0.25, 0.3) is 0 Å². The van der Waals surface area contributed by atoms with Gasteiger partial charge in [-0.05, 0) is 43.5 Å². The summed E-state index contributed by atoms with van der Waals surface area (Å²) in [5.74, 6) is 0.545. The van der Waals surface area contributed by atoms with Crippen LogP contribution in [0.4, 0.5) is 0 Å². The van der Waals surface area contributed by atoms with Crippen LogP contribution in [-0.4, -0.2) is 31.0 Å². The lowest BCUT2D eigenvalue weighted by atomic mass is 10.00. The van der Waals surface area contributed by atoms with E-state index in [9.17, 15) is 4.79 Å². The highest BCUT2D eigenvalue weighted by molar-refractivity contribution is 8.00. The Morgan fingerprint density at radius 2 is 2.05 bits per heavy atom. The number of rotatable bonds is 4. The number of hydrogen-bond acceptors (Lipinski definition) is 5. The zero-order chi connectivity index (χ0) is 13.9. The average Bonchev–Trinajstić information content (AvgIpc) is 2.81. The summed E-state index contributed by atoms with van der Waals surface area (Å²) in [4.78, 5) is 12.8. The van der Waals surface area contributed by atoms with E-state index in [1.807, 2.05) is 24.3 Å². The number of carbonyl (C=O) groups excluding carboxylic acids is 1. The molecule has 0 heterocycles. The van der Waals surface area contributed by atoms with Gasteiger partial charge in [-0.3, -0.25) is 4.79 Å². The van der Waals surface area contributed by atoms with Crippen LogP contribution >= 0.6 is 11.8 Å². The molecule has 1 fully saturated rings. The normalized spacial score (nSPS) is 26.2. The molecular weight excluding hydrogens is 262 g/mol. The van der Waals surface area contributed by atoms with E-state index in [-0.39, 0.29) is 5.97 Å². The predicted molar refractivity (Wildman–Crippen MR) is 75.4 cm³/mol. The van der Waals surface area contributed by atoms with E-state index in [1.54, 1.807) is 18.9 Å². The number of nitrogens with two attached hydrogens (primary N) is 1. The van der Waals surface area contributed by atoms with Crippen molar-refractivity contribution in [3.8, 4) is 5.75 Å². The molecule has 104 valence electrons. The number of esters is 1. The largest absolute Gasteiger partial charge is 0.497 e. The van der Waals surface area contributed by atoms with Crippen molar-refractivity contribution in [2.45, 2.75) is 34.9 Å². The Bertz CT molecular complexity index is 449. The van der Waals surface area contributed by atoms with Crippen LogP contribution < -0.4 is 10.5 Å². The Morgan fingerprint density at radius 1 is 1.37 bits per heavy atom. The van der Waals surface area contributed by atoms with Crippen LogP contribution in [-0.2, 0) is 9.53 Å². The molecule has 19 heavy (non-hydrogen) atoms. The fourth-order valence-electron chi connectivity index (χ4n) is 2.36. The minimum absolute atomic E-state index is 0.301. The zero-order valence-corrected chi connectivity index (χ0v) is 12.0. The van der Waals surface area contributed by atoms with Crippen molar-refractivity contribution >= 4 is 17.7 Å². The lowest BCUT2D eigenvalue weighted by molar-refractivity contribution is -0.146. The lowest BCUT2D eigenvalue weighted by Crippen LogP contribution is -2.46. The molecule has 0 aliphatic heterocycles. The number of carbonyl (C=O) groups is 1.